The van der Waals surface area contributed by atoms with Crippen molar-refractivity contribution in [2.24, 2.45) is 0 Å². The van der Waals surface area contributed by atoms with Crippen LogP contribution in [0, 0.1) is 0 Å². The van der Waals surface area contributed by atoms with Crippen LogP contribution in [0.15, 0.2) is 24.3 Å². The number of fused-ring (bicyclic) bond motifs is 3. The molecule has 0 radical (unpaired) electrons. The van der Waals surface area contributed by atoms with Gasteiger partial charge in [-0.05, 0) is 25.0 Å². The maximum atomic E-state index is 12.8. The summed E-state index contributed by atoms with van der Waals surface area (Å²) in [6.45, 7) is 2.08. The summed E-state index contributed by atoms with van der Waals surface area (Å²) in [5.41, 5.74) is 0.782. The SMILES string of the molecule is CCOC(=O)[C@]12[C@@H]3CCC(=O)N1c1ccccc1[C@H]2N3OC. The van der Waals surface area contributed by atoms with Gasteiger partial charge in [0.25, 0.3) is 0 Å². The molecule has 1 amide bonds. The zero-order valence-electron chi connectivity index (χ0n) is 12.6. The van der Waals surface area contributed by atoms with Gasteiger partial charge in [0.2, 0.25) is 5.91 Å². The Labute approximate surface area is 128 Å². The highest BCUT2D eigenvalue weighted by Gasteiger charge is 2.76. The van der Waals surface area contributed by atoms with Crippen molar-refractivity contribution >= 4 is 17.6 Å². The molecule has 22 heavy (non-hydrogen) atoms. The molecule has 0 N–H and O–H groups in total. The summed E-state index contributed by atoms with van der Waals surface area (Å²) < 4.78 is 5.34. The molecule has 3 heterocycles. The van der Waals surface area contributed by atoms with E-state index in [0.29, 0.717) is 19.4 Å². The van der Waals surface area contributed by atoms with Crippen LogP contribution >= 0.6 is 0 Å². The largest absolute Gasteiger partial charge is 0.464 e. The fraction of sp³-hybridized carbons (Fsp3) is 0.500. The molecule has 6 heteroatoms. The van der Waals surface area contributed by atoms with Crippen LogP contribution < -0.4 is 4.90 Å². The second-order valence-electron chi connectivity index (χ2n) is 5.83. The number of esters is 1. The van der Waals surface area contributed by atoms with Gasteiger partial charge in [-0.1, -0.05) is 18.2 Å². The molecular weight excluding hydrogens is 284 g/mol. The van der Waals surface area contributed by atoms with E-state index in [1.807, 2.05) is 29.3 Å². The molecule has 0 aromatic heterocycles. The van der Waals surface area contributed by atoms with Crippen molar-refractivity contribution in [3.05, 3.63) is 29.8 Å². The lowest BCUT2D eigenvalue weighted by atomic mass is 9.69. The Morgan fingerprint density at radius 3 is 2.91 bits per heavy atom. The molecule has 6 nitrogen and oxygen atoms in total. The van der Waals surface area contributed by atoms with Crippen LogP contribution in [0.5, 0.6) is 0 Å². The first-order valence-electron chi connectivity index (χ1n) is 7.59. The highest BCUT2D eigenvalue weighted by Crippen LogP contribution is 2.62. The van der Waals surface area contributed by atoms with E-state index in [4.69, 9.17) is 9.57 Å². The first-order chi connectivity index (χ1) is 10.7. The van der Waals surface area contributed by atoms with Crippen molar-refractivity contribution in [1.29, 1.82) is 0 Å². The molecule has 4 rings (SSSR count). The number of hydrogen-bond acceptors (Lipinski definition) is 5. The molecule has 0 spiro atoms. The molecule has 116 valence electrons. The highest BCUT2D eigenvalue weighted by molar-refractivity contribution is 6.08. The lowest BCUT2D eigenvalue weighted by molar-refractivity contribution is -0.289. The van der Waals surface area contributed by atoms with E-state index in [9.17, 15) is 9.59 Å². The summed E-state index contributed by atoms with van der Waals surface area (Å²) in [7, 11) is 1.61. The quantitative estimate of drug-likeness (QED) is 0.790. The number of amides is 1. The smallest absolute Gasteiger partial charge is 0.336 e. The predicted molar refractivity (Wildman–Crippen MR) is 77.9 cm³/mol. The van der Waals surface area contributed by atoms with Crippen LogP contribution in [0.2, 0.25) is 0 Å². The lowest BCUT2D eigenvalue weighted by Crippen LogP contribution is -2.81. The zero-order chi connectivity index (χ0) is 15.5. The minimum absolute atomic E-state index is 0.0185. The normalized spacial score (nSPS) is 32.3. The van der Waals surface area contributed by atoms with E-state index >= 15 is 0 Å². The standard InChI is InChI=1S/C16H18N2O4/c1-3-22-15(20)16-12-8-9-13(19)17(16)11-7-5-4-6-10(11)14(16)18(12)21-2/h4-7,12,14H,3,8-9H2,1-2H3/t12-,14+,16+/m0/s1. The van der Waals surface area contributed by atoms with Crippen LogP contribution in [0.1, 0.15) is 31.4 Å². The van der Waals surface area contributed by atoms with Crippen molar-refractivity contribution in [2.45, 2.75) is 37.4 Å². The van der Waals surface area contributed by atoms with Crippen molar-refractivity contribution in [3.63, 3.8) is 0 Å². The van der Waals surface area contributed by atoms with Crippen molar-refractivity contribution in [1.82, 2.24) is 5.06 Å². The third-order valence-corrected chi connectivity index (χ3v) is 5.02. The van der Waals surface area contributed by atoms with E-state index in [0.717, 1.165) is 11.3 Å². The minimum Gasteiger partial charge on any atom is -0.464 e. The van der Waals surface area contributed by atoms with Gasteiger partial charge in [-0.2, -0.15) is 5.06 Å². The predicted octanol–water partition coefficient (Wildman–Crippen LogP) is 1.42. The number of nitrogens with zero attached hydrogens (tertiary/aromatic N) is 2. The number of anilines is 1. The van der Waals surface area contributed by atoms with Gasteiger partial charge in [-0.15, -0.1) is 0 Å². The number of para-hydroxylation sites is 1. The second kappa shape index (κ2) is 4.54. The molecule has 1 aromatic rings. The Bertz CT molecular complexity index is 661. The van der Waals surface area contributed by atoms with Crippen LogP contribution in [-0.4, -0.2) is 42.2 Å². The van der Waals surface area contributed by atoms with Gasteiger partial charge in [0.1, 0.15) is 0 Å². The van der Waals surface area contributed by atoms with Crippen LogP contribution in [0.4, 0.5) is 5.69 Å². The van der Waals surface area contributed by atoms with Crippen molar-refractivity contribution < 1.29 is 19.2 Å². The summed E-state index contributed by atoms with van der Waals surface area (Å²) >= 11 is 0. The fourth-order valence-electron chi connectivity index (χ4n) is 4.31. The number of carbonyl (C=O) groups is 2. The first-order valence-corrected chi connectivity index (χ1v) is 7.59. The number of ether oxygens (including phenoxy) is 1. The van der Waals surface area contributed by atoms with Crippen LogP contribution in [0.25, 0.3) is 0 Å². The topological polar surface area (TPSA) is 59.1 Å². The summed E-state index contributed by atoms with van der Waals surface area (Å²) in [5.74, 6) is -0.349. The van der Waals surface area contributed by atoms with E-state index in [2.05, 4.69) is 0 Å². The maximum absolute atomic E-state index is 12.8. The van der Waals surface area contributed by atoms with Crippen LogP contribution in [-0.2, 0) is 19.2 Å². The summed E-state index contributed by atoms with van der Waals surface area (Å²) in [4.78, 5) is 32.6. The maximum Gasteiger partial charge on any atom is 0.336 e. The molecule has 1 aromatic carbocycles. The molecule has 3 aliphatic rings. The Morgan fingerprint density at radius 1 is 1.41 bits per heavy atom. The van der Waals surface area contributed by atoms with Gasteiger partial charge < -0.3 is 9.57 Å². The monoisotopic (exact) mass is 302 g/mol. The Hall–Kier alpha value is -1.92. The molecule has 3 aliphatic heterocycles. The van der Waals surface area contributed by atoms with Gasteiger partial charge in [-0.25, -0.2) is 4.79 Å². The average Bonchev–Trinajstić information content (AvgIpc) is 2.79. The number of piperidine rings is 1. The van der Waals surface area contributed by atoms with E-state index in [-0.39, 0.29) is 24.0 Å². The molecule has 0 unspecified atom stereocenters. The van der Waals surface area contributed by atoms with Crippen LogP contribution in [0.3, 0.4) is 0 Å². The Morgan fingerprint density at radius 2 is 2.18 bits per heavy atom. The number of rotatable bonds is 3. The van der Waals surface area contributed by atoms with Gasteiger partial charge in [-0.3, -0.25) is 9.69 Å². The van der Waals surface area contributed by atoms with Crippen molar-refractivity contribution in [3.8, 4) is 0 Å². The third kappa shape index (κ3) is 1.33. The van der Waals surface area contributed by atoms with Gasteiger partial charge in [0.15, 0.2) is 5.54 Å². The molecule has 0 bridgehead atoms. The highest BCUT2D eigenvalue weighted by atomic mass is 16.7. The molecule has 0 aliphatic carbocycles. The fourth-order valence-corrected chi connectivity index (χ4v) is 4.31. The summed E-state index contributed by atoms with van der Waals surface area (Å²) in [6.07, 6.45) is 1.01. The summed E-state index contributed by atoms with van der Waals surface area (Å²) in [6, 6.07) is 7.20. The number of hydroxylamine groups is 2. The lowest BCUT2D eigenvalue weighted by Gasteiger charge is -2.61. The molecule has 0 saturated carbocycles. The van der Waals surface area contributed by atoms with E-state index < -0.39 is 5.54 Å². The Balaban J connectivity index is 1.92. The second-order valence-corrected chi connectivity index (χ2v) is 5.83. The number of carbonyl (C=O) groups excluding carboxylic acids is 2. The first kappa shape index (κ1) is 13.7. The average molecular weight is 302 g/mol. The van der Waals surface area contributed by atoms with E-state index in [1.54, 1.807) is 18.9 Å². The zero-order valence-corrected chi connectivity index (χ0v) is 12.6. The summed E-state index contributed by atoms with van der Waals surface area (Å²) in [5, 5.41) is 1.84. The minimum atomic E-state index is -0.967. The Kier molecular flexibility index (Phi) is 2.83. The van der Waals surface area contributed by atoms with Gasteiger partial charge in [0.05, 0.1) is 31.5 Å². The molecule has 3 atom stereocenters. The van der Waals surface area contributed by atoms with Gasteiger partial charge >= 0.3 is 5.97 Å². The van der Waals surface area contributed by atoms with Gasteiger partial charge in [0, 0.05) is 6.42 Å². The number of benzene rings is 1. The third-order valence-electron chi connectivity index (χ3n) is 5.02. The molecular formula is C16H18N2O4. The molecule has 2 saturated heterocycles. The van der Waals surface area contributed by atoms with E-state index in [1.165, 1.54) is 0 Å². The number of hydrogen-bond donors (Lipinski definition) is 0. The molecule has 2 fully saturated rings. The van der Waals surface area contributed by atoms with Crippen molar-refractivity contribution in [2.75, 3.05) is 18.6 Å².